The van der Waals surface area contributed by atoms with Crippen LogP contribution in [0.2, 0.25) is 0 Å². The molecular formula is C20H25N5O4. The van der Waals surface area contributed by atoms with Gasteiger partial charge in [0.25, 0.3) is 11.8 Å². The minimum Gasteiger partial charge on any atom is -0.383 e. The fourth-order valence-electron chi connectivity index (χ4n) is 3.16. The number of rotatable bonds is 7. The van der Waals surface area contributed by atoms with Gasteiger partial charge in [-0.05, 0) is 12.5 Å². The summed E-state index contributed by atoms with van der Waals surface area (Å²) in [6, 6.07) is 11.0. The molecule has 0 spiro atoms. The maximum atomic E-state index is 12.9. The van der Waals surface area contributed by atoms with Crippen molar-refractivity contribution < 1.29 is 19.1 Å². The van der Waals surface area contributed by atoms with Crippen LogP contribution >= 0.6 is 0 Å². The fourth-order valence-corrected chi connectivity index (χ4v) is 3.16. The monoisotopic (exact) mass is 399 g/mol. The van der Waals surface area contributed by atoms with E-state index in [2.05, 4.69) is 15.7 Å². The number of carbonyl (C=O) groups is 3. The lowest BCUT2D eigenvalue weighted by molar-refractivity contribution is -0.132. The number of carbonyl (C=O) groups excluding carboxylic acids is 3. The van der Waals surface area contributed by atoms with Crippen LogP contribution in [-0.2, 0) is 22.6 Å². The molecule has 2 heterocycles. The lowest BCUT2D eigenvalue weighted by Gasteiger charge is -2.40. The van der Waals surface area contributed by atoms with Crippen molar-refractivity contribution >= 4 is 17.7 Å². The number of methoxy groups -OCH3 is 1. The number of fused-ring (bicyclic) bond motifs is 1. The van der Waals surface area contributed by atoms with Crippen LogP contribution in [0.15, 0.2) is 36.4 Å². The van der Waals surface area contributed by atoms with Crippen LogP contribution in [0.25, 0.3) is 0 Å². The first kappa shape index (κ1) is 20.5. The van der Waals surface area contributed by atoms with E-state index in [-0.39, 0.29) is 29.7 Å². The van der Waals surface area contributed by atoms with Gasteiger partial charge in [0.15, 0.2) is 5.69 Å². The molecule has 0 saturated heterocycles. The van der Waals surface area contributed by atoms with Crippen molar-refractivity contribution in [1.29, 1.82) is 0 Å². The second-order valence-corrected chi connectivity index (χ2v) is 7.13. The van der Waals surface area contributed by atoms with Crippen LogP contribution in [0.3, 0.4) is 0 Å². The normalized spacial score (nSPS) is 18.3. The minimum absolute atomic E-state index is 0.131. The Morgan fingerprint density at radius 3 is 2.66 bits per heavy atom. The molecule has 1 aliphatic heterocycles. The van der Waals surface area contributed by atoms with Crippen LogP contribution in [0, 0.1) is 0 Å². The highest BCUT2D eigenvalue weighted by Crippen LogP contribution is 2.26. The summed E-state index contributed by atoms with van der Waals surface area (Å²) in [4.78, 5) is 39.4. The van der Waals surface area contributed by atoms with Gasteiger partial charge >= 0.3 is 0 Å². The van der Waals surface area contributed by atoms with E-state index in [0.717, 1.165) is 5.56 Å². The molecule has 0 saturated carbocycles. The third-order valence-corrected chi connectivity index (χ3v) is 5.11. The molecule has 0 bridgehead atoms. The highest BCUT2D eigenvalue weighted by molar-refractivity contribution is 6.01. The molecule has 3 rings (SSSR count). The van der Waals surface area contributed by atoms with Gasteiger partial charge < -0.3 is 20.3 Å². The fraction of sp³-hybridized carbons (Fsp3) is 0.400. The summed E-state index contributed by atoms with van der Waals surface area (Å²) in [6.07, 6.45) is 0. The van der Waals surface area contributed by atoms with Crippen LogP contribution in [0.5, 0.6) is 0 Å². The van der Waals surface area contributed by atoms with Gasteiger partial charge in [-0.2, -0.15) is 5.10 Å². The van der Waals surface area contributed by atoms with Crippen LogP contribution in [0.1, 0.15) is 33.5 Å². The number of amides is 3. The first-order valence-electron chi connectivity index (χ1n) is 9.32. The van der Waals surface area contributed by atoms with Gasteiger partial charge in [-0.3, -0.25) is 19.1 Å². The van der Waals surface area contributed by atoms with E-state index in [0.29, 0.717) is 19.7 Å². The van der Waals surface area contributed by atoms with Gasteiger partial charge in [-0.25, -0.2) is 0 Å². The molecule has 2 aromatic rings. The molecule has 1 aromatic heterocycles. The van der Waals surface area contributed by atoms with E-state index in [1.807, 2.05) is 30.3 Å². The Kier molecular flexibility index (Phi) is 5.97. The van der Waals surface area contributed by atoms with E-state index < -0.39 is 11.4 Å². The van der Waals surface area contributed by atoms with Gasteiger partial charge in [0.1, 0.15) is 11.2 Å². The predicted molar refractivity (Wildman–Crippen MR) is 105 cm³/mol. The Morgan fingerprint density at radius 1 is 1.24 bits per heavy atom. The Labute approximate surface area is 169 Å². The number of nitrogens with one attached hydrogen (secondary N) is 2. The number of aromatic nitrogens is 2. The van der Waals surface area contributed by atoms with Gasteiger partial charge in [0, 0.05) is 33.3 Å². The number of hydrogen-bond donors (Lipinski definition) is 2. The highest BCUT2D eigenvalue weighted by atomic mass is 16.5. The molecule has 0 radical (unpaired) electrons. The van der Waals surface area contributed by atoms with Crippen molar-refractivity contribution in [2.45, 2.75) is 25.6 Å². The van der Waals surface area contributed by atoms with Crippen LogP contribution in [-0.4, -0.2) is 65.2 Å². The lowest BCUT2D eigenvalue weighted by atomic mass is 9.96. The summed E-state index contributed by atoms with van der Waals surface area (Å²) < 4.78 is 6.33. The summed E-state index contributed by atoms with van der Waals surface area (Å²) in [5, 5.41) is 9.81. The smallest absolute Gasteiger partial charge is 0.272 e. The zero-order valence-electron chi connectivity index (χ0n) is 16.8. The number of hydrogen-bond acceptors (Lipinski definition) is 5. The first-order valence-corrected chi connectivity index (χ1v) is 9.32. The van der Waals surface area contributed by atoms with E-state index in [9.17, 15) is 14.4 Å². The zero-order valence-corrected chi connectivity index (χ0v) is 16.8. The van der Waals surface area contributed by atoms with Crippen molar-refractivity contribution in [2.75, 3.05) is 27.3 Å². The number of benzene rings is 1. The number of nitrogens with zero attached hydrogens (tertiary/aromatic N) is 3. The summed E-state index contributed by atoms with van der Waals surface area (Å²) in [6.45, 7) is 2.91. The van der Waals surface area contributed by atoms with Crippen molar-refractivity contribution in [3.05, 3.63) is 53.3 Å². The zero-order chi connectivity index (χ0) is 21.0. The standard InChI is InChI=1S/C20H25N5O4/c1-20(19(28)22-12-14-7-5-4-6-8-14)13-25-16(18(27)24(20)2)11-15(23-25)17(26)21-9-10-29-3/h4-8,11H,9-10,12-13H2,1-3H3,(H,21,26)(H,22,28)/t20-/m0/s1. The van der Waals surface area contributed by atoms with E-state index in [1.54, 1.807) is 21.1 Å². The van der Waals surface area contributed by atoms with Crippen molar-refractivity contribution in [1.82, 2.24) is 25.3 Å². The molecule has 9 nitrogen and oxygen atoms in total. The van der Waals surface area contributed by atoms with E-state index in [4.69, 9.17) is 4.74 Å². The molecule has 3 amide bonds. The molecule has 1 atom stereocenters. The SMILES string of the molecule is COCCNC(=O)c1cc2n(n1)C[C@@](C)(C(=O)NCc1ccccc1)N(C)C2=O. The third kappa shape index (κ3) is 4.14. The second-order valence-electron chi connectivity index (χ2n) is 7.13. The van der Waals surface area contributed by atoms with Gasteiger partial charge in [-0.15, -0.1) is 0 Å². The van der Waals surface area contributed by atoms with Crippen LogP contribution in [0.4, 0.5) is 0 Å². The molecule has 0 unspecified atom stereocenters. The number of ether oxygens (including phenoxy) is 1. The summed E-state index contributed by atoms with van der Waals surface area (Å²) >= 11 is 0. The van der Waals surface area contributed by atoms with Crippen LogP contribution < -0.4 is 10.6 Å². The van der Waals surface area contributed by atoms with E-state index >= 15 is 0 Å². The van der Waals surface area contributed by atoms with Gasteiger partial charge in [-0.1, -0.05) is 30.3 Å². The van der Waals surface area contributed by atoms with Crippen molar-refractivity contribution in [3.8, 4) is 0 Å². The maximum absolute atomic E-state index is 12.9. The Balaban J connectivity index is 1.75. The largest absolute Gasteiger partial charge is 0.383 e. The molecule has 154 valence electrons. The van der Waals surface area contributed by atoms with Crippen molar-refractivity contribution in [2.24, 2.45) is 0 Å². The predicted octanol–water partition coefficient (Wildman–Crippen LogP) is 0.420. The molecule has 9 heteroatoms. The number of likely N-dealkylation sites (N-methyl/N-ethyl adjacent to an activating group) is 1. The molecule has 2 N–H and O–H groups in total. The quantitative estimate of drug-likeness (QED) is 0.657. The summed E-state index contributed by atoms with van der Waals surface area (Å²) in [7, 11) is 3.12. The molecule has 1 aromatic carbocycles. The minimum atomic E-state index is -1.13. The molecule has 0 fully saturated rings. The van der Waals surface area contributed by atoms with E-state index in [1.165, 1.54) is 15.6 Å². The van der Waals surface area contributed by atoms with Gasteiger partial charge in [0.2, 0.25) is 5.91 Å². The Hall–Kier alpha value is -3.20. The average Bonchev–Trinajstić information content (AvgIpc) is 3.15. The molecule has 1 aliphatic rings. The highest BCUT2D eigenvalue weighted by Gasteiger charge is 2.46. The Morgan fingerprint density at radius 2 is 1.97 bits per heavy atom. The summed E-state index contributed by atoms with van der Waals surface area (Å²) in [5.74, 6) is -1.05. The third-order valence-electron chi connectivity index (χ3n) is 5.11. The van der Waals surface area contributed by atoms with Crippen molar-refractivity contribution in [3.63, 3.8) is 0 Å². The molecule has 29 heavy (non-hydrogen) atoms. The summed E-state index contributed by atoms with van der Waals surface area (Å²) in [5.41, 5.74) is 0.239. The molecular weight excluding hydrogens is 374 g/mol. The first-order chi connectivity index (χ1) is 13.9. The molecule has 0 aliphatic carbocycles. The topological polar surface area (TPSA) is 106 Å². The maximum Gasteiger partial charge on any atom is 0.272 e. The van der Waals surface area contributed by atoms with Gasteiger partial charge in [0.05, 0.1) is 13.2 Å². The second kappa shape index (κ2) is 8.44. The Bertz CT molecular complexity index is 911. The average molecular weight is 399 g/mol. The lowest BCUT2D eigenvalue weighted by Crippen LogP contribution is -2.62.